The molecule has 1 fully saturated rings. The maximum atomic E-state index is 12.7. The zero-order chi connectivity index (χ0) is 20.5. The fourth-order valence-electron chi connectivity index (χ4n) is 3.87. The van der Waals surface area contributed by atoms with Crippen molar-refractivity contribution in [2.24, 2.45) is 0 Å². The van der Waals surface area contributed by atoms with Gasteiger partial charge in [-0.2, -0.15) is 0 Å². The van der Waals surface area contributed by atoms with Crippen LogP contribution in [0.15, 0.2) is 54.2 Å². The van der Waals surface area contributed by atoms with Gasteiger partial charge in [-0.1, -0.05) is 6.07 Å². The zero-order valence-electron chi connectivity index (χ0n) is 16.8. The van der Waals surface area contributed by atoms with Crippen LogP contribution in [0.1, 0.15) is 15.9 Å². The van der Waals surface area contributed by atoms with Crippen LogP contribution in [0.2, 0.25) is 0 Å². The maximum Gasteiger partial charge on any atom is 0.251 e. The molecular weight excluding hydrogens is 394 g/mol. The Labute approximate surface area is 179 Å². The van der Waals surface area contributed by atoms with Gasteiger partial charge in [-0.05, 0) is 48.3 Å². The van der Waals surface area contributed by atoms with E-state index >= 15 is 0 Å². The largest absolute Gasteiger partial charge is 0.353 e. The molecule has 1 saturated heterocycles. The number of piperazine rings is 1. The highest BCUT2D eigenvalue weighted by Crippen LogP contribution is 2.35. The normalized spacial score (nSPS) is 15.0. The van der Waals surface area contributed by atoms with Crippen molar-refractivity contribution in [1.29, 1.82) is 0 Å². The summed E-state index contributed by atoms with van der Waals surface area (Å²) >= 11 is 1.73. The summed E-state index contributed by atoms with van der Waals surface area (Å²) in [7, 11) is 2.15. The predicted molar refractivity (Wildman–Crippen MR) is 122 cm³/mol. The van der Waals surface area contributed by atoms with E-state index in [1.54, 1.807) is 23.7 Å². The van der Waals surface area contributed by atoms with E-state index in [1.165, 1.54) is 10.1 Å². The van der Waals surface area contributed by atoms with Crippen LogP contribution in [0, 0.1) is 0 Å². The molecule has 0 radical (unpaired) electrons. The van der Waals surface area contributed by atoms with Crippen LogP contribution in [0.3, 0.4) is 0 Å². The third-order valence-corrected chi connectivity index (χ3v) is 6.59. The van der Waals surface area contributed by atoms with Crippen LogP contribution in [0.25, 0.3) is 21.0 Å². The first-order chi connectivity index (χ1) is 14.7. The van der Waals surface area contributed by atoms with E-state index in [0.29, 0.717) is 12.1 Å². The number of benzene rings is 1. The van der Waals surface area contributed by atoms with Gasteiger partial charge in [-0.25, -0.2) is 4.98 Å². The number of pyridine rings is 2. The predicted octanol–water partition coefficient (Wildman–Crippen LogP) is 3.53. The van der Waals surface area contributed by atoms with Gasteiger partial charge in [0.25, 0.3) is 5.91 Å². The second-order valence-corrected chi connectivity index (χ2v) is 8.58. The lowest BCUT2D eigenvalue weighted by Gasteiger charge is -2.33. The van der Waals surface area contributed by atoms with Crippen molar-refractivity contribution >= 4 is 44.1 Å². The van der Waals surface area contributed by atoms with Crippen LogP contribution < -0.4 is 10.2 Å². The minimum absolute atomic E-state index is 0.0945. The summed E-state index contributed by atoms with van der Waals surface area (Å²) in [4.78, 5) is 26.5. The number of thiophene rings is 1. The highest BCUT2D eigenvalue weighted by atomic mass is 32.1. The summed E-state index contributed by atoms with van der Waals surface area (Å²) < 4.78 is 1.23. The molecule has 1 aliphatic rings. The van der Waals surface area contributed by atoms with Gasteiger partial charge < -0.3 is 15.1 Å². The number of nitrogens with one attached hydrogen (secondary N) is 1. The summed E-state index contributed by atoms with van der Waals surface area (Å²) in [6.45, 7) is 4.47. The van der Waals surface area contributed by atoms with Gasteiger partial charge in [-0.3, -0.25) is 9.78 Å². The molecule has 0 atom stereocenters. The van der Waals surface area contributed by atoms with Crippen molar-refractivity contribution in [3.8, 4) is 0 Å². The van der Waals surface area contributed by atoms with Gasteiger partial charge >= 0.3 is 0 Å². The number of fused-ring (bicyclic) bond motifs is 3. The van der Waals surface area contributed by atoms with Crippen molar-refractivity contribution in [3.05, 3.63) is 65.3 Å². The summed E-state index contributed by atoms with van der Waals surface area (Å²) in [6.07, 6.45) is 3.46. The van der Waals surface area contributed by atoms with Gasteiger partial charge in [0.1, 0.15) is 5.82 Å². The van der Waals surface area contributed by atoms with Crippen molar-refractivity contribution in [1.82, 2.24) is 20.2 Å². The van der Waals surface area contributed by atoms with Crippen LogP contribution in [0.4, 0.5) is 5.82 Å². The fourth-order valence-corrected chi connectivity index (χ4v) is 4.80. The molecule has 1 aliphatic heterocycles. The molecule has 3 aromatic heterocycles. The number of carbonyl (C=O) groups is 1. The Hall–Kier alpha value is -3.03. The van der Waals surface area contributed by atoms with Gasteiger partial charge in [0.2, 0.25) is 0 Å². The van der Waals surface area contributed by atoms with Gasteiger partial charge in [-0.15, -0.1) is 11.3 Å². The molecule has 30 heavy (non-hydrogen) atoms. The van der Waals surface area contributed by atoms with Crippen molar-refractivity contribution in [2.75, 3.05) is 38.1 Å². The van der Waals surface area contributed by atoms with Gasteiger partial charge in [0, 0.05) is 66.2 Å². The quantitative estimate of drug-likeness (QED) is 0.550. The monoisotopic (exact) mass is 417 g/mol. The van der Waals surface area contributed by atoms with E-state index in [1.807, 2.05) is 30.3 Å². The molecule has 0 bridgehead atoms. The van der Waals surface area contributed by atoms with E-state index in [9.17, 15) is 4.79 Å². The molecule has 0 unspecified atom stereocenters. The smallest absolute Gasteiger partial charge is 0.251 e. The van der Waals surface area contributed by atoms with Crippen LogP contribution >= 0.6 is 11.3 Å². The molecule has 4 aromatic rings. The van der Waals surface area contributed by atoms with Crippen LogP contribution in [-0.4, -0.2) is 54.0 Å². The van der Waals surface area contributed by atoms with Crippen LogP contribution in [-0.2, 0) is 6.54 Å². The minimum Gasteiger partial charge on any atom is -0.353 e. The molecule has 6 nitrogen and oxygen atoms in total. The summed E-state index contributed by atoms with van der Waals surface area (Å²) in [6, 6.07) is 11.8. The first-order valence-electron chi connectivity index (χ1n) is 10.1. The molecule has 1 N–H and O–H groups in total. The average Bonchev–Trinajstić information content (AvgIpc) is 3.28. The molecule has 0 spiro atoms. The highest BCUT2D eigenvalue weighted by Gasteiger charge is 2.20. The maximum absolute atomic E-state index is 12.7. The molecule has 7 heteroatoms. The number of carbonyl (C=O) groups excluding carboxylic acids is 1. The summed E-state index contributed by atoms with van der Waals surface area (Å²) in [5.74, 6) is 0.934. The lowest BCUT2D eigenvalue weighted by Crippen LogP contribution is -2.44. The molecule has 152 valence electrons. The summed E-state index contributed by atoms with van der Waals surface area (Å²) in [5, 5.41) is 7.41. The lowest BCUT2D eigenvalue weighted by molar-refractivity contribution is 0.0951. The first-order valence-corrected chi connectivity index (χ1v) is 11.0. The highest BCUT2D eigenvalue weighted by molar-refractivity contribution is 7.18. The number of nitrogens with zero attached hydrogens (tertiary/aromatic N) is 4. The van der Waals surface area contributed by atoms with E-state index in [-0.39, 0.29) is 5.91 Å². The number of amides is 1. The van der Waals surface area contributed by atoms with Gasteiger partial charge in [0.05, 0.1) is 5.52 Å². The average molecular weight is 418 g/mol. The van der Waals surface area contributed by atoms with Crippen molar-refractivity contribution in [2.45, 2.75) is 6.54 Å². The second kappa shape index (κ2) is 8.01. The summed E-state index contributed by atoms with van der Waals surface area (Å²) in [5.41, 5.74) is 2.52. The molecule has 0 saturated carbocycles. The third kappa shape index (κ3) is 3.62. The lowest BCUT2D eigenvalue weighted by atomic mass is 10.1. The Morgan fingerprint density at radius 3 is 2.67 bits per heavy atom. The number of likely N-dealkylation sites (N-methyl/N-ethyl adjacent to an activating group) is 1. The van der Waals surface area contributed by atoms with Crippen molar-refractivity contribution < 1.29 is 4.79 Å². The van der Waals surface area contributed by atoms with E-state index in [4.69, 9.17) is 4.98 Å². The molecule has 4 heterocycles. The molecule has 5 rings (SSSR count). The fraction of sp³-hybridized carbons (Fsp3) is 0.261. The Morgan fingerprint density at radius 1 is 1.07 bits per heavy atom. The molecule has 1 amide bonds. The van der Waals surface area contributed by atoms with Gasteiger partial charge in [0.15, 0.2) is 0 Å². The standard InChI is InChI=1S/C23H23N5OS/c1-27-9-11-28(12-10-27)22-19-6-13-30-21(19)18-3-2-17(14-20(18)26-22)23(29)25-15-16-4-7-24-8-5-16/h2-8,13-14H,9-12,15H2,1H3,(H,25,29). The zero-order valence-corrected chi connectivity index (χ0v) is 17.7. The first kappa shape index (κ1) is 19.0. The van der Waals surface area contributed by atoms with Crippen LogP contribution in [0.5, 0.6) is 0 Å². The molecular formula is C23H23N5OS. The van der Waals surface area contributed by atoms with E-state index in [2.05, 4.69) is 38.6 Å². The second-order valence-electron chi connectivity index (χ2n) is 7.66. The van der Waals surface area contributed by atoms with Crippen molar-refractivity contribution in [3.63, 3.8) is 0 Å². The Morgan fingerprint density at radius 2 is 1.87 bits per heavy atom. The van der Waals surface area contributed by atoms with E-state index < -0.39 is 0 Å². The molecule has 0 aliphatic carbocycles. The molecule has 1 aromatic carbocycles. The Balaban J connectivity index is 1.47. The minimum atomic E-state index is -0.0945. The SMILES string of the molecule is CN1CCN(c2nc3cc(C(=O)NCc4ccncc4)ccc3c3sccc23)CC1. The third-order valence-electron chi connectivity index (χ3n) is 5.64. The number of aromatic nitrogens is 2. The topological polar surface area (TPSA) is 61.4 Å². The Kier molecular flexibility index (Phi) is 5.06. The van der Waals surface area contributed by atoms with E-state index in [0.717, 1.165) is 48.5 Å². The number of hydrogen-bond donors (Lipinski definition) is 1. The number of rotatable bonds is 4. The number of anilines is 1. The number of hydrogen-bond acceptors (Lipinski definition) is 6. The Bertz CT molecular complexity index is 1200.